The van der Waals surface area contributed by atoms with Gasteiger partial charge in [0, 0.05) is 65.2 Å². The Morgan fingerprint density at radius 3 is 1.86 bits per heavy atom. The molecular formula is C34H34N4O4. The van der Waals surface area contributed by atoms with Gasteiger partial charge in [-0.05, 0) is 85.4 Å². The van der Waals surface area contributed by atoms with Crippen LogP contribution in [-0.2, 0) is 25.7 Å². The number of rotatable bonds is 9. The third kappa shape index (κ3) is 5.45. The topological polar surface area (TPSA) is 138 Å². The van der Waals surface area contributed by atoms with E-state index < -0.39 is 0 Å². The summed E-state index contributed by atoms with van der Waals surface area (Å²) in [6.07, 6.45) is 9.55. The number of aliphatic hydroxyl groups is 4. The first-order chi connectivity index (χ1) is 20.6. The lowest BCUT2D eigenvalue weighted by Gasteiger charge is -2.07. The average molecular weight is 563 g/mol. The number of hydrogen-bond acceptors (Lipinski definition) is 6. The highest BCUT2D eigenvalue weighted by Crippen LogP contribution is 2.32. The van der Waals surface area contributed by atoms with Gasteiger partial charge in [-0.15, -0.1) is 0 Å². The van der Waals surface area contributed by atoms with Crippen molar-refractivity contribution in [1.82, 2.24) is 19.9 Å². The second kappa shape index (κ2) is 12.3. The van der Waals surface area contributed by atoms with Crippen LogP contribution in [0.4, 0.5) is 0 Å². The second-order valence-corrected chi connectivity index (χ2v) is 10.4. The molecular weight excluding hydrogens is 528 g/mol. The summed E-state index contributed by atoms with van der Waals surface area (Å²) in [6, 6.07) is 16.3. The molecule has 0 radical (unpaired) electrons. The number of aromatic nitrogens is 4. The molecule has 0 atom stereocenters. The van der Waals surface area contributed by atoms with E-state index in [9.17, 15) is 20.4 Å². The molecule has 5 heterocycles. The zero-order chi connectivity index (χ0) is 29.1. The minimum atomic E-state index is -0.0516. The summed E-state index contributed by atoms with van der Waals surface area (Å²) in [7, 11) is 0. The number of H-pyrrole nitrogens is 2. The molecule has 0 spiro atoms. The van der Waals surface area contributed by atoms with Gasteiger partial charge in [-0.2, -0.15) is 0 Å². The molecule has 42 heavy (non-hydrogen) atoms. The summed E-state index contributed by atoms with van der Waals surface area (Å²) in [5, 5.41) is 39.5. The minimum Gasteiger partial charge on any atom is -0.396 e. The third-order valence-electron chi connectivity index (χ3n) is 7.73. The number of aliphatic hydroxyl groups excluding tert-OH is 4. The van der Waals surface area contributed by atoms with Gasteiger partial charge in [-0.1, -0.05) is 24.3 Å². The standard InChI is InChI=1S/C34H34N4O4/c39-14-10-21-2-1-3-22(18-21)28-20-24-19-23-4-5-29(35-23)25(11-15-40)30-6-7-31(37-30)26(12-16-41)32-8-9-33(38-32)27(13-17-42)34(28)36-24/h1-9,18-20,35-36,39-42H,10-17H2. The number of aromatic amines is 2. The summed E-state index contributed by atoms with van der Waals surface area (Å²) in [5.74, 6) is 0. The second-order valence-electron chi connectivity index (χ2n) is 10.4. The van der Waals surface area contributed by atoms with Crippen molar-refractivity contribution >= 4 is 46.4 Å². The van der Waals surface area contributed by atoms with E-state index in [0.29, 0.717) is 25.7 Å². The highest BCUT2D eigenvalue weighted by molar-refractivity contribution is 5.91. The van der Waals surface area contributed by atoms with Gasteiger partial charge >= 0.3 is 0 Å². The van der Waals surface area contributed by atoms with Crippen LogP contribution in [-0.4, -0.2) is 66.8 Å². The van der Waals surface area contributed by atoms with Gasteiger partial charge in [-0.25, -0.2) is 9.97 Å². The summed E-state index contributed by atoms with van der Waals surface area (Å²) in [6.45, 7) is -0.0473. The summed E-state index contributed by atoms with van der Waals surface area (Å²) in [4.78, 5) is 17.0. The Balaban J connectivity index is 1.74. The SMILES string of the molecule is OCCc1cccc(-c2cc3cc4ccc([nH]4)c(CCO)c4nc(c(CCO)c5nc(c(CCO)c2[nH]3)C=C5)C=C4)c1. The van der Waals surface area contributed by atoms with E-state index in [1.807, 2.05) is 54.6 Å². The molecule has 8 nitrogen and oxygen atoms in total. The van der Waals surface area contributed by atoms with Crippen LogP contribution in [0.15, 0.2) is 48.5 Å². The van der Waals surface area contributed by atoms with Gasteiger partial charge in [0.15, 0.2) is 0 Å². The number of benzene rings is 1. The molecule has 8 heteroatoms. The number of nitrogens with one attached hydrogen (secondary N) is 2. The van der Waals surface area contributed by atoms with Gasteiger partial charge < -0.3 is 30.4 Å². The Hall–Kier alpha value is -4.34. The summed E-state index contributed by atoms with van der Waals surface area (Å²) < 4.78 is 0. The van der Waals surface area contributed by atoms with Gasteiger partial charge in [0.05, 0.1) is 28.3 Å². The molecule has 6 rings (SSSR count). The Kier molecular flexibility index (Phi) is 8.12. The maximum absolute atomic E-state index is 10.1. The molecule has 214 valence electrons. The third-order valence-corrected chi connectivity index (χ3v) is 7.73. The van der Waals surface area contributed by atoms with Gasteiger partial charge in [0.25, 0.3) is 0 Å². The van der Waals surface area contributed by atoms with Gasteiger partial charge in [0.2, 0.25) is 0 Å². The predicted molar refractivity (Wildman–Crippen MR) is 167 cm³/mol. The van der Waals surface area contributed by atoms with Crippen molar-refractivity contribution in [3.63, 3.8) is 0 Å². The molecule has 0 saturated carbocycles. The van der Waals surface area contributed by atoms with E-state index in [-0.39, 0.29) is 26.4 Å². The quantitative estimate of drug-likeness (QED) is 0.154. The molecule has 0 aliphatic carbocycles. The van der Waals surface area contributed by atoms with Crippen LogP contribution in [0.1, 0.15) is 45.0 Å². The molecule has 2 aliphatic heterocycles. The van der Waals surface area contributed by atoms with Crippen LogP contribution >= 0.6 is 0 Å². The molecule has 0 unspecified atom stereocenters. The van der Waals surface area contributed by atoms with Crippen molar-refractivity contribution in [2.75, 3.05) is 26.4 Å². The van der Waals surface area contributed by atoms with E-state index in [0.717, 1.165) is 78.2 Å². The molecule has 8 bridgehead atoms. The van der Waals surface area contributed by atoms with Crippen molar-refractivity contribution in [2.24, 2.45) is 0 Å². The van der Waals surface area contributed by atoms with Crippen LogP contribution in [0.5, 0.6) is 0 Å². The molecule has 0 fully saturated rings. The van der Waals surface area contributed by atoms with Crippen molar-refractivity contribution in [2.45, 2.75) is 25.7 Å². The lowest BCUT2D eigenvalue weighted by Crippen LogP contribution is -2.00. The summed E-state index contributed by atoms with van der Waals surface area (Å²) in [5.41, 5.74) is 12.1. The van der Waals surface area contributed by atoms with Crippen molar-refractivity contribution in [3.05, 3.63) is 93.6 Å². The van der Waals surface area contributed by atoms with Crippen LogP contribution in [0.2, 0.25) is 0 Å². The number of fused-ring (bicyclic) bond motifs is 8. The number of hydrogen-bond donors (Lipinski definition) is 6. The van der Waals surface area contributed by atoms with E-state index in [4.69, 9.17) is 9.97 Å². The Labute approximate surface area is 243 Å². The molecule has 2 aliphatic rings. The summed E-state index contributed by atoms with van der Waals surface area (Å²) >= 11 is 0. The molecule has 1 aromatic carbocycles. The maximum atomic E-state index is 10.1. The van der Waals surface area contributed by atoms with Crippen LogP contribution < -0.4 is 0 Å². The highest BCUT2D eigenvalue weighted by Gasteiger charge is 2.17. The lowest BCUT2D eigenvalue weighted by molar-refractivity contribution is 0.299. The molecule has 6 N–H and O–H groups in total. The molecule has 0 amide bonds. The largest absolute Gasteiger partial charge is 0.396 e. The zero-order valence-corrected chi connectivity index (χ0v) is 23.3. The first-order valence-corrected chi connectivity index (χ1v) is 14.3. The highest BCUT2D eigenvalue weighted by atomic mass is 16.3. The van der Waals surface area contributed by atoms with Crippen molar-refractivity contribution < 1.29 is 20.4 Å². The minimum absolute atomic E-state index is 0.0151. The fraction of sp³-hybridized carbons (Fsp3) is 0.235. The average Bonchev–Trinajstić information content (AvgIpc) is 3.81. The fourth-order valence-electron chi connectivity index (χ4n) is 5.78. The fourth-order valence-corrected chi connectivity index (χ4v) is 5.78. The Bertz CT molecular complexity index is 1850. The first-order valence-electron chi connectivity index (χ1n) is 14.3. The lowest BCUT2D eigenvalue weighted by atomic mass is 10.00. The molecule has 3 aromatic heterocycles. The molecule has 4 aromatic rings. The van der Waals surface area contributed by atoms with Crippen LogP contribution in [0.25, 0.3) is 57.5 Å². The van der Waals surface area contributed by atoms with Crippen LogP contribution in [0.3, 0.4) is 0 Å². The van der Waals surface area contributed by atoms with Crippen molar-refractivity contribution in [3.8, 4) is 11.1 Å². The smallest absolute Gasteiger partial charge is 0.0692 e. The van der Waals surface area contributed by atoms with Crippen LogP contribution in [0, 0.1) is 0 Å². The van der Waals surface area contributed by atoms with Gasteiger partial charge in [-0.3, -0.25) is 0 Å². The van der Waals surface area contributed by atoms with E-state index >= 15 is 0 Å². The first kappa shape index (κ1) is 27.8. The Morgan fingerprint density at radius 1 is 0.548 bits per heavy atom. The predicted octanol–water partition coefficient (Wildman–Crippen LogP) is 4.46. The van der Waals surface area contributed by atoms with E-state index in [1.54, 1.807) is 0 Å². The van der Waals surface area contributed by atoms with Crippen molar-refractivity contribution in [1.29, 1.82) is 0 Å². The maximum Gasteiger partial charge on any atom is 0.0692 e. The monoisotopic (exact) mass is 562 g/mol. The van der Waals surface area contributed by atoms with E-state index in [2.05, 4.69) is 28.2 Å². The number of nitrogens with zero attached hydrogens (tertiary/aromatic N) is 2. The molecule has 0 saturated heterocycles. The van der Waals surface area contributed by atoms with E-state index in [1.165, 1.54) is 0 Å². The normalized spacial score (nSPS) is 12.4. The van der Waals surface area contributed by atoms with Gasteiger partial charge in [0.1, 0.15) is 0 Å². The zero-order valence-electron chi connectivity index (χ0n) is 23.3. The Morgan fingerprint density at radius 2 is 1.17 bits per heavy atom.